The van der Waals surface area contributed by atoms with E-state index in [-0.39, 0.29) is 11.3 Å². The standard InChI is InChI=1S/C11H8F2N2O/c1-6-2-3-7(4-8(6)12)10-9(13)11(16)15-5-14-10/h2-5H,1H3,(H,14,15,16). The Bertz CT molecular complexity index is 593. The number of hydrogen-bond donors (Lipinski definition) is 1. The third-order valence-corrected chi connectivity index (χ3v) is 2.24. The molecule has 1 aromatic heterocycles. The van der Waals surface area contributed by atoms with Crippen molar-refractivity contribution in [1.29, 1.82) is 0 Å². The number of H-pyrrole nitrogens is 1. The summed E-state index contributed by atoms with van der Waals surface area (Å²) in [5.74, 6) is -1.47. The van der Waals surface area contributed by atoms with E-state index in [0.29, 0.717) is 5.56 Å². The fourth-order valence-corrected chi connectivity index (χ4v) is 1.32. The van der Waals surface area contributed by atoms with E-state index in [2.05, 4.69) is 9.97 Å². The molecule has 3 nitrogen and oxygen atoms in total. The topological polar surface area (TPSA) is 45.8 Å². The van der Waals surface area contributed by atoms with Crippen molar-refractivity contribution in [3.63, 3.8) is 0 Å². The summed E-state index contributed by atoms with van der Waals surface area (Å²) in [5, 5.41) is 0. The molecule has 82 valence electrons. The molecule has 0 aliphatic carbocycles. The number of rotatable bonds is 1. The first-order chi connectivity index (χ1) is 7.59. The zero-order valence-corrected chi connectivity index (χ0v) is 8.42. The largest absolute Gasteiger partial charge is 0.311 e. The van der Waals surface area contributed by atoms with Crippen LogP contribution in [0.2, 0.25) is 0 Å². The fourth-order valence-electron chi connectivity index (χ4n) is 1.32. The Morgan fingerprint density at radius 3 is 2.75 bits per heavy atom. The minimum Gasteiger partial charge on any atom is -0.311 e. The second-order valence-corrected chi connectivity index (χ2v) is 3.36. The predicted molar refractivity (Wildman–Crippen MR) is 54.9 cm³/mol. The van der Waals surface area contributed by atoms with Crippen LogP contribution in [0.1, 0.15) is 5.56 Å². The Labute approximate surface area is 89.8 Å². The SMILES string of the molecule is Cc1ccc(-c2nc[nH]c(=O)c2F)cc1F. The summed E-state index contributed by atoms with van der Waals surface area (Å²) in [5.41, 5.74) is -0.325. The molecule has 2 rings (SSSR count). The first-order valence-electron chi connectivity index (χ1n) is 4.59. The average Bonchev–Trinajstić information content (AvgIpc) is 2.26. The fraction of sp³-hybridized carbons (Fsp3) is 0.0909. The van der Waals surface area contributed by atoms with Crippen LogP contribution in [-0.4, -0.2) is 9.97 Å². The summed E-state index contributed by atoms with van der Waals surface area (Å²) in [4.78, 5) is 16.8. The first kappa shape index (κ1) is 10.5. The van der Waals surface area contributed by atoms with Gasteiger partial charge in [-0.15, -0.1) is 0 Å². The van der Waals surface area contributed by atoms with E-state index >= 15 is 0 Å². The molecule has 1 heterocycles. The Balaban J connectivity index is 2.63. The van der Waals surface area contributed by atoms with Gasteiger partial charge < -0.3 is 4.98 Å². The molecule has 0 spiro atoms. The Morgan fingerprint density at radius 2 is 2.06 bits per heavy atom. The quantitative estimate of drug-likeness (QED) is 0.802. The minimum absolute atomic E-state index is 0.150. The van der Waals surface area contributed by atoms with E-state index in [1.165, 1.54) is 12.1 Å². The number of benzene rings is 1. The lowest BCUT2D eigenvalue weighted by molar-refractivity contribution is 0.602. The van der Waals surface area contributed by atoms with Crippen LogP contribution in [0.25, 0.3) is 11.3 Å². The Hall–Kier alpha value is -2.04. The van der Waals surface area contributed by atoms with Crippen LogP contribution in [-0.2, 0) is 0 Å². The van der Waals surface area contributed by atoms with Gasteiger partial charge in [0, 0.05) is 5.56 Å². The molecule has 0 bridgehead atoms. The Morgan fingerprint density at radius 1 is 1.31 bits per heavy atom. The highest BCUT2D eigenvalue weighted by molar-refractivity contribution is 5.59. The van der Waals surface area contributed by atoms with Crippen molar-refractivity contribution in [3.8, 4) is 11.3 Å². The molecule has 0 saturated heterocycles. The van der Waals surface area contributed by atoms with Gasteiger partial charge in [0.1, 0.15) is 11.5 Å². The normalized spacial score (nSPS) is 10.4. The van der Waals surface area contributed by atoms with E-state index < -0.39 is 17.2 Å². The number of halogens is 2. The number of aromatic nitrogens is 2. The van der Waals surface area contributed by atoms with Gasteiger partial charge >= 0.3 is 0 Å². The smallest absolute Gasteiger partial charge is 0.287 e. The minimum atomic E-state index is -1.01. The van der Waals surface area contributed by atoms with Crippen molar-refractivity contribution in [2.45, 2.75) is 6.92 Å². The molecule has 0 aliphatic heterocycles. The van der Waals surface area contributed by atoms with Crippen LogP contribution in [0, 0.1) is 18.6 Å². The van der Waals surface area contributed by atoms with Crippen molar-refractivity contribution in [2.24, 2.45) is 0 Å². The van der Waals surface area contributed by atoms with Crippen molar-refractivity contribution >= 4 is 0 Å². The zero-order valence-electron chi connectivity index (χ0n) is 8.42. The summed E-state index contributed by atoms with van der Waals surface area (Å²) in [6.07, 6.45) is 1.08. The summed E-state index contributed by atoms with van der Waals surface area (Å²) in [7, 11) is 0. The molecule has 0 aliphatic rings. The number of hydrogen-bond acceptors (Lipinski definition) is 2. The molecular formula is C11H8F2N2O. The van der Waals surface area contributed by atoms with Crippen molar-refractivity contribution in [2.75, 3.05) is 0 Å². The highest BCUT2D eigenvalue weighted by Crippen LogP contribution is 2.20. The molecule has 0 fully saturated rings. The highest BCUT2D eigenvalue weighted by Gasteiger charge is 2.11. The van der Waals surface area contributed by atoms with Crippen LogP contribution >= 0.6 is 0 Å². The van der Waals surface area contributed by atoms with Crippen molar-refractivity contribution in [1.82, 2.24) is 9.97 Å². The molecular weight excluding hydrogens is 214 g/mol. The first-order valence-corrected chi connectivity index (χ1v) is 4.59. The number of aromatic amines is 1. The lowest BCUT2D eigenvalue weighted by Crippen LogP contribution is -2.12. The van der Waals surface area contributed by atoms with Gasteiger partial charge in [-0.1, -0.05) is 12.1 Å². The maximum atomic E-state index is 13.4. The predicted octanol–water partition coefficient (Wildman–Crippen LogP) is 2.02. The summed E-state index contributed by atoms with van der Waals surface area (Å²) in [6.45, 7) is 1.60. The molecule has 5 heteroatoms. The van der Waals surface area contributed by atoms with Crippen molar-refractivity contribution in [3.05, 3.63) is 52.1 Å². The van der Waals surface area contributed by atoms with Gasteiger partial charge in [0.15, 0.2) is 0 Å². The molecule has 16 heavy (non-hydrogen) atoms. The average molecular weight is 222 g/mol. The van der Waals surface area contributed by atoms with Crippen LogP contribution in [0.15, 0.2) is 29.3 Å². The van der Waals surface area contributed by atoms with Gasteiger partial charge in [-0.25, -0.2) is 9.37 Å². The Kier molecular flexibility index (Phi) is 2.52. The molecule has 0 saturated carbocycles. The number of aryl methyl sites for hydroxylation is 1. The van der Waals surface area contributed by atoms with Gasteiger partial charge in [-0.2, -0.15) is 4.39 Å². The van der Waals surface area contributed by atoms with E-state index in [1.54, 1.807) is 6.92 Å². The van der Waals surface area contributed by atoms with Crippen LogP contribution in [0.4, 0.5) is 8.78 Å². The van der Waals surface area contributed by atoms with Crippen LogP contribution in [0.5, 0.6) is 0 Å². The van der Waals surface area contributed by atoms with E-state index in [9.17, 15) is 13.6 Å². The molecule has 2 aromatic rings. The third kappa shape index (κ3) is 1.71. The van der Waals surface area contributed by atoms with Gasteiger partial charge in [0.2, 0.25) is 5.82 Å². The molecule has 1 aromatic carbocycles. The molecule has 0 amide bonds. The van der Waals surface area contributed by atoms with Gasteiger partial charge in [-0.3, -0.25) is 4.79 Å². The lowest BCUT2D eigenvalue weighted by Gasteiger charge is -2.02. The molecule has 0 unspecified atom stereocenters. The summed E-state index contributed by atoms with van der Waals surface area (Å²) >= 11 is 0. The second kappa shape index (κ2) is 3.84. The van der Waals surface area contributed by atoms with Gasteiger partial charge in [0.05, 0.1) is 6.33 Å². The second-order valence-electron chi connectivity index (χ2n) is 3.36. The van der Waals surface area contributed by atoms with Crippen LogP contribution in [0.3, 0.4) is 0 Å². The van der Waals surface area contributed by atoms with Crippen LogP contribution < -0.4 is 5.56 Å². The van der Waals surface area contributed by atoms with Crippen molar-refractivity contribution < 1.29 is 8.78 Å². The summed E-state index contributed by atoms with van der Waals surface area (Å²) < 4.78 is 26.7. The zero-order chi connectivity index (χ0) is 11.7. The molecule has 0 radical (unpaired) electrons. The molecule has 1 N–H and O–H groups in total. The van der Waals surface area contributed by atoms with Gasteiger partial charge in [0.25, 0.3) is 5.56 Å². The van der Waals surface area contributed by atoms with E-state index in [0.717, 1.165) is 12.4 Å². The third-order valence-electron chi connectivity index (χ3n) is 2.24. The van der Waals surface area contributed by atoms with E-state index in [4.69, 9.17) is 0 Å². The highest BCUT2D eigenvalue weighted by atomic mass is 19.1. The molecule has 0 atom stereocenters. The maximum absolute atomic E-state index is 13.4. The monoisotopic (exact) mass is 222 g/mol. The van der Waals surface area contributed by atoms with E-state index in [1.807, 2.05) is 0 Å². The summed E-state index contributed by atoms with van der Waals surface area (Å²) in [6, 6.07) is 4.18. The number of nitrogens with one attached hydrogen (secondary N) is 1. The number of nitrogens with zero attached hydrogens (tertiary/aromatic N) is 1. The maximum Gasteiger partial charge on any atom is 0.287 e. The van der Waals surface area contributed by atoms with Gasteiger partial charge in [-0.05, 0) is 18.6 Å². The lowest BCUT2D eigenvalue weighted by atomic mass is 10.1.